The lowest BCUT2D eigenvalue weighted by molar-refractivity contribution is -0.138. The lowest BCUT2D eigenvalue weighted by atomic mass is 10.1. The van der Waals surface area contributed by atoms with Crippen molar-refractivity contribution < 1.29 is 21.6 Å². The van der Waals surface area contributed by atoms with Gasteiger partial charge < -0.3 is 0 Å². The van der Waals surface area contributed by atoms with Crippen LogP contribution < -0.4 is 4.72 Å². The fourth-order valence-corrected chi connectivity index (χ4v) is 1.95. The summed E-state index contributed by atoms with van der Waals surface area (Å²) < 4.78 is 61.9. The second-order valence-corrected chi connectivity index (χ2v) is 6.14. The van der Waals surface area contributed by atoms with E-state index in [1.54, 1.807) is 0 Å². The lowest BCUT2D eigenvalue weighted by Crippen LogP contribution is -2.23. The molecule has 3 nitrogen and oxygen atoms in total. The van der Waals surface area contributed by atoms with Crippen molar-refractivity contribution in [3.05, 3.63) is 33.8 Å². The number of sulfonamides is 1. The first kappa shape index (κ1) is 14.5. The van der Waals surface area contributed by atoms with E-state index in [-0.39, 0.29) is 16.6 Å². The number of hydrogen-bond donors (Lipinski definition) is 1. The topological polar surface area (TPSA) is 46.2 Å². The van der Waals surface area contributed by atoms with Crippen LogP contribution in [-0.2, 0) is 22.7 Å². The predicted octanol–water partition coefficient (Wildman–Crippen LogP) is 2.52. The van der Waals surface area contributed by atoms with E-state index in [1.807, 2.05) is 4.72 Å². The van der Waals surface area contributed by atoms with Gasteiger partial charge in [-0.25, -0.2) is 13.1 Å². The molecule has 0 fully saturated rings. The van der Waals surface area contributed by atoms with E-state index in [1.165, 1.54) is 12.1 Å². The molecule has 96 valence electrons. The van der Waals surface area contributed by atoms with Crippen LogP contribution in [0.25, 0.3) is 0 Å². The van der Waals surface area contributed by atoms with Crippen LogP contribution >= 0.6 is 15.9 Å². The molecule has 0 aliphatic carbocycles. The summed E-state index contributed by atoms with van der Waals surface area (Å²) >= 11 is 2.94. The molecule has 0 saturated carbocycles. The van der Waals surface area contributed by atoms with Crippen LogP contribution in [0.2, 0.25) is 0 Å². The van der Waals surface area contributed by atoms with Crippen LogP contribution in [0, 0.1) is 0 Å². The van der Waals surface area contributed by atoms with E-state index >= 15 is 0 Å². The summed E-state index contributed by atoms with van der Waals surface area (Å²) in [7, 11) is -3.52. The van der Waals surface area contributed by atoms with Gasteiger partial charge in [-0.15, -0.1) is 0 Å². The van der Waals surface area contributed by atoms with E-state index in [0.717, 1.165) is 12.3 Å². The first-order valence-electron chi connectivity index (χ1n) is 4.40. The third kappa shape index (κ3) is 4.64. The van der Waals surface area contributed by atoms with Crippen molar-refractivity contribution >= 4 is 26.0 Å². The van der Waals surface area contributed by atoms with Crippen LogP contribution in [0.3, 0.4) is 0 Å². The Morgan fingerprint density at radius 1 is 1.35 bits per heavy atom. The molecule has 0 aliphatic heterocycles. The fourth-order valence-electron chi connectivity index (χ4n) is 1.18. The van der Waals surface area contributed by atoms with Crippen molar-refractivity contribution in [1.29, 1.82) is 0 Å². The molecule has 0 saturated heterocycles. The van der Waals surface area contributed by atoms with E-state index in [2.05, 4.69) is 15.9 Å². The molecule has 0 aliphatic rings. The summed E-state index contributed by atoms with van der Waals surface area (Å²) in [6, 6.07) is 3.57. The summed E-state index contributed by atoms with van der Waals surface area (Å²) in [6.45, 7) is -0.388. The average Bonchev–Trinajstić information content (AvgIpc) is 2.13. The van der Waals surface area contributed by atoms with Gasteiger partial charge in [-0.1, -0.05) is 22.0 Å². The molecule has 0 spiro atoms. The van der Waals surface area contributed by atoms with Gasteiger partial charge in [-0.3, -0.25) is 0 Å². The van der Waals surface area contributed by atoms with Crippen LogP contribution in [-0.4, -0.2) is 14.7 Å². The van der Waals surface area contributed by atoms with Crippen molar-refractivity contribution in [2.45, 2.75) is 12.7 Å². The Morgan fingerprint density at radius 2 is 1.94 bits per heavy atom. The van der Waals surface area contributed by atoms with Crippen molar-refractivity contribution in [2.75, 3.05) is 6.26 Å². The Morgan fingerprint density at radius 3 is 2.41 bits per heavy atom. The highest BCUT2D eigenvalue weighted by atomic mass is 79.9. The molecule has 0 atom stereocenters. The Bertz CT molecular complexity index is 513. The molecular weight excluding hydrogens is 323 g/mol. The normalized spacial score (nSPS) is 12.8. The molecule has 1 aromatic carbocycles. The van der Waals surface area contributed by atoms with Crippen molar-refractivity contribution in [1.82, 2.24) is 4.72 Å². The van der Waals surface area contributed by atoms with E-state index in [9.17, 15) is 21.6 Å². The fraction of sp³-hybridized carbons (Fsp3) is 0.333. The van der Waals surface area contributed by atoms with Gasteiger partial charge in [0.05, 0.1) is 11.8 Å². The van der Waals surface area contributed by atoms with Gasteiger partial charge in [0, 0.05) is 11.0 Å². The van der Waals surface area contributed by atoms with Crippen molar-refractivity contribution in [2.24, 2.45) is 0 Å². The van der Waals surface area contributed by atoms with Gasteiger partial charge in [0.2, 0.25) is 10.0 Å². The van der Waals surface area contributed by atoms with Crippen molar-refractivity contribution in [3.8, 4) is 0 Å². The Hall–Kier alpha value is -0.600. The smallest absolute Gasteiger partial charge is 0.213 e. The van der Waals surface area contributed by atoms with Gasteiger partial charge in [0.25, 0.3) is 0 Å². The molecule has 0 radical (unpaired) electrons. The van der Waals surface area contributed by atoms with Crippen LogP contribution in [0.5, 0.6) is 0 Å². The number of halogens is 4. The first-order valence-corrected chi connectivity index (χ1v) is 7.08. The highest BCUT2D eigenvalue weighted by Crippen LogP contribution is 2.33. The average molecular weight is 332 g/mol. The second-order valence-electron chi connectivity index (χ2n) is 3.39. The minimum absolute atomic E-state index is 0.119. The molecule has 0 amide bonds. The first-order chi connectivity index (χ1) is 7.59. The zero-order chi connectivity index (χ0) is 13.3. The van der Waals surface area contributed by atoms with Gasteiger partial charge in [0.15, 0.2) is 0 Å². The standard InChI is InChI=1S/C9H9BrF3NO2S/c1-17(15,16)14-5-6-2-3-7(10)4-8(6)9(11,12)13/h2-4,14H,5H2,1H3. The maximum absolute atomic E-state index is 12.7. The molecule has 0 unspecified atom stereocenters. The number of nitrogens with one attached hydrogen (secondary N) is 1. The molecule has 1 aromatic rings. The summed E-state index contributed by atoms with van der Waals surface area (Å²) in [5, 5.41) is 0. The quantitative estimate of drug-likeness (QED) is 0.925. The van der Waals surface area contributed by atoms with Crippen LogP contribution in [0.1, 0.15) is 11.1 Å². The number of hydrogen-bond acceptors (Lipinski definition) is 2. The minimum Gasteiger partial charge on any atom is -0.213 e. The van der Waals surface area contributed by atoms with Gasteiger partial charge >= 0.3 is 6.18 Å². The number of alkyl halides is 3. The Kier molecular flexibility index (Phi) is 4.21. The van der Waals surface area contributed by atoms with Gasteiger partial charge in [-0.05, 0) is 17.7 Å². The summed E-state index contributed by atoms with van der Waals surface area (Å²) in [4.78, 5) is 0. The molecule has 8 heteroatoms. The zero-order valence-corrected chi connectivity index (χ0v) is 11.1. The Labute approximate surface area is 105 Å². The highest BCUT2D eigenvalue weighted by molar-refractivity contribution is 9.10. The molecule has 1 rings (SSSR count). The molecule has 17 heavy (non-hydrogen) atoms. The largest absolute Gasteiger partial charge is 0.416 e. The molecule has 0 aromatic heterocycles. The lowest BCUT2D eigenvalue weighted by Gasteiger charge is -2.13. The third-order valence-electron chi connectivity index (χ3n) is 1.90. The number of rotatable bonds is 3. The molecule has 1 N–H and O–H groups in total. The summed E-state index contributed by atoms with van der Waals surface area (Å²) in [5.41, 5.74) is -0.978. The van der Waals surface area contributed by atoms with Crippen LogP contribution in [0.4, 0.5) is 13.2 Å². The minimum atomic E-state index is -4.52. The maximum atomic E-state index is 12.7. The highest BCUT2D eigenvalue weighted by Gasteiger charge is 2.33. The van der Waals surface area contributed by atoms with E-state index < -0.39 is 21.8 Å². The molecule has 0 heterocycles. The monoisotopic (exact) mass is 331 g/mol. The molecule has 0 bridgehead atoms. The summed E-state index contributed by atoms with van der Waals surface area (Å²) in [5.74, 6) is 0. The third-order valence-corrected chi connectivity index (χ3v) is 3.06. The van der Waals surface area contributed by atoms with Crippen LogP contribution in [0.15, 0.2) is 22.7 Å². The zero-order valence-electron chi connectivity index (χ0n) is 8.68. The van der Waals surface area contributed by atoms with Gasteiger partial charge in [0.1, 0.15) is 0 Å². The Balaban J connectivity index is 3.07. The summed E-state index contributed by atoms with van der Waals surface area (Å²) in [6.07, 6.45) is -3.63. The second kappa shape index (κ2) is 4.95. The van der Waals surface area contributed by atoms with E-state index in [0.29, 0.717) is 0 Å². The van der Waals surface area contributed by atoms with E-state index in [4.69, 9.17) is 0 Å². The SMILES string of the molecule is CS(=O)(=O)NCc1ccc(Br)cc1C(F)(F)F. The predicted molar refractivity (Wildman–Crippen MR) is 60.8 cm³/mol. The molecular formula is C9H9BrF3NO2S. The maximum Gasteiger partial charge on any atom is 0.416 e. The van der Waals surface area contributed by atoms with Crippen molar-refractivity contribution in [3.63, 3.8) is 0 Å². The number of benzene rings is 1. The van der Waals surface area contributed by atoms with Gasteiger partial charge in [-0.2, -0.15) is 13.2 Å².